The summed E-state index contributed by atoms with van der Waals surface area (Å²) in [6.07, 6.45) is 7.51. The fraction of sp³-hybridized carbons (Fsp3) is 0.417. The molecule has 0 saturated heterocycles. The van der Waals surface area contributed by atoms with Crippen LogP contribution in [0, 0.1) is 0 Å². The highest BCUT2D eigenvalue weighted by atomic mass is 32.2. The third-order valence-electron chi connectivity index (χ3n) is 6.04. The van der Waals surface area contributed by atoms with Crippen LogP contribution in [0.25, 0.3) is 10.8 Å². The molecule has 3 aromatic rings. The molecule has 168 valence electrons. The van der Waals surface area contributed by atoms with Gasteiger partial charge in [0.25, 0.3) is 0 Å². The Bertz CT molecular complexity index is 1270. The summed E-state index contributed by atoms with van der Waals surface area (Å²) in [6.45, 7) is 4.29. The topological polar surface area (TPSA) is 75.2 Å². The number of rotatable bonds is 7. The first-order valence-corrected chi connectivity index (χ1v) is 12.4. The fourth-order valence-corrected chi connectivity index (χ4v) is 5.99. The zero-order chi connectivity index (χ0) is 22.5. The monoisotopic (exact) mass is 454 g/mol. The Hall–Kier alpha value is -2.42. The zero-order valence-electron chi connectivity index (χ0n) is 18.3. The van der Waals surface area contributed by atoms with E-state index < -0.39 is 15.7 Å². The van der Waals surface area contributed by atoms with Crippen LogP contribution in [0.15, 0.2) is 47.8 Å². The second-order valence-electron chi connectivity index (χ2n) is 9.50. The lowest BCUT2D eigenvalue weighted by Crippen LogP contribution is -2.36. The molecular formula is C24H27FN4O2S. The third kappa shape index (κ3) is 4.40. The van der Waals surface area contributed by atoms with Crippen LogP contribution in [0.2, 0.25) is 0 Å². The van der Waals surface area contributed by atoms with Crippen molar-refractivity contribution in [1.82, 2.24) is 19.6 Å². The molecule has 2 aliphatic rings. The molecule has 8 heteroatoms. The van der Waals surface area contributed by atoms with Gasteiger partial charge >= 0.3 is 0 Å². The average molecular weight is 455 g/mol. The van der Waals surface area contributed by atoms with Crippen LogP contribution in [0.3, 0.4) is 0 Å². The van der Waals surface area contributed by atoms with Gasteiger partial charge in [-0.25, -0.2) is 17.5 Å². The summed E-state index contributed by atoms with van der Waals surface area (Å²) in [5.74, 6) is 0.406. The van der Waals surface area contributed by atoms with Crippen LogP contribution < -0.4 is 4.72 Å². The molecular weight excluding hydrogens is 427 g/mol. The van der Waals surface area contributed by atoms with Gasteiger partial charge in [-0.05, 0) is 61.6 Å². The summed E-state index contributed by atoms with van der Waals surface area (Å²) >= 11 is 0. The smallest absolute Gasteiger partial charge is 0.241 e. The van der Waals surface area contributed by atoms with Crippen LogP contribution in [0.5, 0.6) is 0 Å². The van der Waals surface area contributed by atoms with E-state index in [9.17, 15) is 12.8 Å². The summed E-state index contributed by atoms with van der Waals surface area (Å²) in [7, 11) is -3.92. The molecule has 2 aromatic heterocycles. The zero-order valence-corrected chi connectivity index (χ0v) is 19.1. The van der Waals surface area contributed by atoms with Crippen LogP contribution in [0.1, 0.15) is 55.0 Å². The molecule has 1 saturated carbocycles. The lowest BCUT2D eigenvalue weighted by atomic mass is 10.0. The van der Waals surface area contributed by atoms with Gasteiger partial charge < -0.3 is 0 Å². The Balaban J connectivity index is 1.58. The van der Waals surface area contributed by atoms with Crippen molar-refractivity contribution in [2.75, 3.05) is 6.54 Å². The maximum Gasteiger partial charge on any atom is 0.241 e. The van der Waals surface area contributed by atoms with Gasteiger partial charge in [0.05, 0.1) is 4.90 Å². The molecule has 1 aromatic carbocycles. The highest BCUT2D eigenvalue weighted by Crippen LogP contribution is 2.42. The number of fused-ring (bicyclic) bond motifs is 2. The predicted molar refractivity (Wildman–Crippen MR) is 121 cm³/mol. The molecule has 6 nitrogen and oxygen atoms in total. The summed E-state index contributed by atoms with van der Waals surface area (Å²) in [5, 5.41) is 1.48. The van der Waals surface area contributed by atoms with Gasteiger partial charge in [-0.2, -0.15) is 0 Å². The molecule has 0 atom stereocenters. The van der Waals surface area contributed by atoms with Crippen molar-refractivity contribution in [1.29, 1.82) is 0 Å². The van der Waals surface area contributed by atoms with Gasteiger partial charge in [0.2, 0.25) is 10.0 Å². The van der Waals surface area contributed by atoms with E-state index in [2.05, 4.69) is 25.7 Å². The maximum absolute atomic E-state index is 14.2. The van der Waals surface area contributed by atoms with Crippen molar-refractivity contribution in [3.8, 4) is 0 Å². The van der Waals surface area contributed by atoms with Gasteiger partial charge in [-0.3, -0.25) is 14.9 Å². The Labute approximate surface area is 187 Å². The maximum atomic E-state index is 14.2. The van der Waals surface area contributed by atoms with Crippen LogP contribution in [-0.4, -0.2) is 35.5 Å². The molecule has 3 heterocycles. The standard InChI is InChI=1S/C24H27FN4O2S/c1-24(2,25)15-28-32(30,31)23-20-9-22(17-5-6-17)27-11-18(20)8-19-13-29(14-21(19)23)12-16-4-3-7-26-10-16/h3-4,7-11,17,28H,5-6,12-15H2,1-2H3. The van der Waals surface area contributed by atoms with Crippen molar-refractivity contribution >= 4 is 20.8 Å². The summed E-state index contributed by atoms with van der Waals surface area (Å²) in [6, 6.07) is 7.89. The van der Waals surface area contributed by atoms with Gasteiger partial charge in [0, 0.05) is 67.2 Å². The molecule has 0 radical (unpaired) electrons. The van der Waals surface area contributed by atoms with Crippen LogP contribution >= 0.6 is 0 Å². The molecule has 5 rings (SSSR count). The first-order valence-electron chi connectivity index (χ1n) is 10.9. The molecule has 0 bridgehead atoms. The van der Waals surface area contributed by atoms with Gasteiger partial charge in [-0.1, -0.05) is 6.07 Å². The number of hydrogen-bond donors (Lipinski definition) is 1. The Kier molecular flexibility index (Phi) is 5.27. The molecule has 1 fully saturated rings. The van der Waals surface area contributed by atoms with E-state index in [1.165, 1.54) is 13.8 Å². The Morgan fingerprint density at radius 2 is 2.03 bits per heavy atom. The van der Waals surface area contributed by atoms with Gasteiger partial charge in [0.15, 0.2) is 0 Å². The van der Waals surface area contributed by atoms with Crippen LogP contribution in [-0.2, 0) is 29.7 Å². The van der Waals surface area contributed by atoms with Crippen molar-refractivity contribution in [2.45, 2.75) is 62.8 Å². The number of nitrogens with one attached hydrogen (secondary N) is 1. The van der Waals surface area contributed by atoms with Gasteiger partial charge in [0.1, 0.15) is 5.67 Å². The molecule has 0 unspecified atom stereocenters. The second-order valence-corrected chi connectivity index (χ2v) is 11.2. The largest absolute Gasteiger partial charge is 0.290 e. The number of benzene rings is 1. The molecule has 32 heavy (non-hydrogen) atoms. The Morgan fingerprint density at radius 3 is 2.72 bits per heavy atom. The second kappa shape index (κ2) is 7.86. The molecule has 0 spiro atoms. The number of alkyl halides is 1. The van der Waals surface area contributed by atoms with E-state index in [0.29, 0.717) is 30.9 Å². The molecule has 1 aliphatic heterocycles. The molecule has 0 amide bonds. The van der Waals surface area contributed by atoms with E-state index in [-0.39, 0.29) is 11.4 Å². The van der Waals surface area contributed by atoms with Crippen molar-refractivity contribution in [3.63, 3.8) is 0 Å². The van der Waals surface area contributed by atoms with Crippen molar-refractivity contribution in [2.24, 2.45) is 0 Å². The number of aromatic nitrogens is 2. The van der Waals surface area contributed by atoms with Crippen molar-refractivity contribution in [3.05, 3.63) is 65.2 Å². The van der Waals surface area contributed by atoms with Crippen molar-refractivity contribution < 1.29 is 12.8 Å². The highest BCUT2D eigenvalue weighted by molar-refractivity contribution is 7.89. The van der Waals surface area contributed by atoms with Gasteiger partial charge in [-0.15, -0.1) is 0 Å². The van der Waals surface area contributed by atoms with E-state index in [1.807, 2.05) is 24.4 Å². The van der Waals surface area contributed by atoms with E-state index in [1.54, 1.807) is 12.4 Å². The first kappa shape index (κ1) is 21.4. The average Bonchev–Trinajstić information content (AvgIpc) is 3.51. The quantitative estimate of drug-likeness (QED) is 0.583. The van der Waals surface area contributed by atoms with E-state index in [4.69, 9.17) is 0 Å². The minimum atomic E-state index is -3.92. The lowest BCUT2D eigenvalue weighted by molar-refractivity contribution is 0.221. The number of pyridine rings is 2. The summed E-state index contributed by atoms with van der Waals surface area (Å²) in [4.78, 5) is 11.2. The number of halogens is 1. The van der Waals surface area contributed by atoms with E-state index >= 15 is 0 Å². The van der Waals surface area contributed by atoms with E-state index in [0.717, 1.165) is 40.6 Å². The number of hydrogen-bond acceptors (Lipinski definition) is 5. The summed E-state index contributed by atoms with van der Waals surface area (Å²) < 4.78 is 43.6. The number of nitrogens with zero attached hydrogens (tertiary/aromatic N) is 3. The molecule has 1 aliphatic carbocycles. The normalized spacial score (nSPS) is 17.1. The predicted octanol–water partition coefficient (Wildman–Crippen LogP) is 4.05. The highest BCUT2D eigenvalue weighted by Gasteiger charge is 2.33. The minimum absolute atomic E-state index is 0.271. The third-order valence-corrected chi connectivity index (χ3v) is 7.57. The lowest BCUT2D eigenvalue weighted by Gasteiger charge is -2.18. The first-order chi connectivity index (χ1) is 15.2. The molecule has 1 N–H and O–H groups in total. The SMILES string of the molecule is CC(C)(F)CNS(=O)(=O)c1c2c(cc3cnc(C4CC4)cc13)CN(Cc1cccnc1)C2. The summed E-state index contributed by atoms with van der Waals surface area (Å²) in [5.41, 5.74) is 2.13. The fourth-order valence-electron chi connectivity index (χ4n) is 4.32. The number of sulfonamides is 1. The van der Waals surface area contributed by atoms with Crippen LogP contribution in [0.4, 0.5) is 4.39 Å². The Morgan fingerprint density at radius 1 is 1.22 bits per heavy atom. The minimum Gasteiger partial charge on any atom is -0.290 e.